The van der Waals surface area contributed by atoms with Crippen LogP contribution in [0.1, 0.15) is 21.5 Å². The summed E-state index contributed by atoms with van der Waals surface area (Å²) in [4.78, 5) is 18.4. The Hall–Kier alpha value is -2.60. The van der Waals surface area contributed by atoms with E-state index in [4.69, 9.17) is 9.47 Å². The topological polar surface area (TPSA) is 63.7 Å². The van der Waals surface area contributed by atoms with Crippen LogP contribution >= 0.6 is 0 Å². The van der Waals surface area contributed by atoms with Crippen LogP contribution < -0.4 is 10.1 Å². The quantitative estimate of drug-likeness (QED) is 0.814. The summed E-state index contributed by atoms with van der Waals surface area (Å²) in [6, 6.07) is 12.0. The minimum atomic E-state index is -0.456. The van der Waals surface area contributed by atoms with Crippen LogP contribution in [-0.2, 0) is 17.7 Å². The van der Waals surface area contributed by atoms with E-state index in [0.717, 1.165) is 32.6 Å². The van der Waals surface area contributed by atoms with Crippen LogP contribution in [0.3, 0.4) is 0 Å². The van der Waals surface area contributed by atoms with E-state index in [1.54, 1.807) is 12.1 Å². The molecule has 3 rings (SSSR count). The smallest absolute Gasteiger partial charge is 0.343 e. The molecule has 132 valence electrons. The van der Waals surface area contributed by atoms with Crippen molar-refractivity contribution < 1.29 is 14.3 Å². The molecule has 6 heteroatoms. The number of carbonyl (C=O) groups excluding carboxylic acids is 1. The van der Waals surface area contributed by atoms with Crippen LogP contribution in [0.15, 0.2) is 36.4 Å². The molecule has 0 bridgehead atoms. The van der Waals surface area contributed by atoms with Gasteiger partial charge in [0, 0.05) is 26.2 Å². The lowest BCUT2D eigenvalue weighted by Crippen LogP contribution is -2.34. The maximum atomic E-state index is 11.7. The van der Waals surface area contributed by atoms with Gasteiger partial charge in [-0.1, -0.05) is 24.3 Å². The van der Waals surface area contributed by atoms with Crippen molar-refractivity contribution in [3.8, 4) is 5.88 Å². The first kappa shape index (κ1) is 17.2. The van der Waals surface area contributed by atoms with E-state index in [2.05, 4.69) is 39.5 Å². The number of ether oxygens (including phenoxy) is 2. The number of nitrogens with zero attached hydrogens (tertiary/aromatic N) is 2. The maximum absolute atomic E-state index is 11.7. The number of hydrogen-bond donors (Lipinski definition) is 1. The number of pyridine rings is 1. The standard InChI is InChI=1S/C19H23N3O3/c1-24-18-16(19(23)25-2)7-8-17(21-18)20-10-12-22-11-9-14-5-3-4-6-15(14)13-22/h3-8H,9-13H2,1-2H3,(H,20,21). The van der Waals surface area contributed by atoms with Gasteiger partial charge in [0.25, 0.3) is 0 Å². The summed E-state index contributed by atoms with van der Waals surface area (Å²) < 4.78 is 9.90. The number of aromatic nitrogens is 1. The van der Waals surface area contributed by atoms with Crippen molar-refractivity contribution in [2.75, 3.05) is 39.2 Å². The van der Waals surface area contributed by atoms with E-state index in [1.807, 2.05) is 0 Å². The second kappa shape index (κ2) is 7.98. The van der Waals surface area contributed by atoms with Gasteiger partial charge in [0.1, 0.15) is 11.4 Å². The number of carbonyl (C=O) groups is 1. The van der Waals surface area contributed by atoms with Crippen LogP contribution in [0.5, 0.6) is 5.88 Å². The van der Waals surface area contributed by atoms with E-state index in [-0.39, 0.29) is 5.88 Å². The van der Waals surface area contributed by atoms with Crippen molar-refractivity contribution in [1.82, 2.24) is 9.88 Å². The summed E-state index contributed by atoms with van der Waals surface area (Å²) >= 11 is 0. The highest BCUT2D eigenvalue weighted by atomic mass is 16.5. The van der Waals surface area contributed by atoms with Gasteiger partial charge in [-0.15, -0.1) is 0 Å². The molecule has 0 saturated heterocycles. The van der Waals surface area contributed by atoms with Crippen LogP contribution in [0.4, 0.5) is 5.82 Å². The Morgan fingerprint density at radius 3 is 2.76 bits per heavy atom. The Labute approximate surface area is 147 Å². The van der Waals surface area contributed by atoms with E-state index in [0.29, 0.717) is 11.4 Å². The fraction of sp³-hybridized carbons (Fsp3) is 0.368. The summed E-state index contributed by atoms with van der Waals surface area (Å²) in [5, 5.41) is 3.29. The third-order valence-corrected chi connectivity index (χ3v) is 4.40. The molecule has 0 saturated carbocycles. The number of hydrogen-bond acceptors (Lipinski definition) is 6. The summed E-state index contributed by atoms with van der Waals surface area (Å²) in [6.07, 6.45) is 1.09. The SMILES string of the molecule is COC(=O)c1ccc(NCCN2CCc3ccccc3C2)nc1OC. The molecule has 1 aliphatic heterocycles. The van der Waals surface area contributed by atoms with Gasteiger partial charge < -0.3 is 14.8 Å². The van der Waals surface area contributed by atoms with E-state index in [1.165, 1.54) is 25.3 Å². The van der Waals surface area contributed by atoms with Crippen LogP contribution in [0.25, 0.3) is 0 Å². The Kier molecular flexibility index (Phi) is 5.50. The van der Waals surface area contributed by atoms with Gasteiger partial charge in [-0.05, 0) is 29.7 Å². The molecule has 0 atom stereocenters. The number of fused-ring (bicyclic) bond motifs is 1. The summed E-state index contributed by atoms with van der Waals surface area (Å²) in [7, 11) is 2.83. The molecule has 25 heavy (non-hydrogen) atoms. The molecule has 6 nitrogen and oxygen atoms in total. The average Bonchev–Trinajstić information content (AvgIpc) is 2.67. The Balaban J connectivity index is 1.55. The van der Waals surface area contributed by atoms with E-state index >= 15 is 0 Å². The summed E-state index contributed by atoms with van der Waals surface area (Å²) in [6.45, 7) is 3.75. The molecule has 1 aromatic carbocycles. The van der Waals surface area contributed by atoms with Crippen molar-refractivity contribution in [1.29, 1.82) is 0 Å². The highest BCUT2D eigenvalue weighted by Crippen LogP contribution is 2.20. The first-order valence-corrected chi connectivity index (χ1v) is 8.37. The highest BCUT2D eigenvalue weighted by molar-refractivity contribution is 5.92. The molecule has 0 radical (unpaired) electrons. The number of rotatable bonds is 6. The molecule has 0 spiro atoms. The fourth-order valence-electron chi connectivity index (χ4n) is 3.05. The predicted molar refractivity (Wildman–Crippen MR) is 96.0 cm³/mol. The molecule has 1 aliphatic rings. The number of anilines is 1. The van der Waals surface area contributed by atoms with Crippen molar-refractivity contribution in [2.45, 2.75) is 13.0 Å². The zero-order valence-corrected chi connectivity index (χ0v) is 14.6. The minimum absolute atomic E-state index is 0.267. The van der Waals surface area contributed by atoms with Gasteiger partial charge in [-0.3, -0.25) is 4.90 Å². The zero-order valence-electron chi connectivity index (χ0n) is 14.6. The molecule has 1 N–H and O–H groups in total. The van der Waals surface area contributed by atoms with E-state index < -0.39 is 5.97 Å². The van der Waals surface area contributed by atoms with Crippen molar-refractivity contribution in [3.05, 3.63) is 53.1 Å². The van der Waals surface area contributed by atoms with Gasteiger partial charge in [0.05, 0.1) is 14.2 Å². The van der Waals surface area contributed by atoms with Gasteiger partial charge in [-0.2, -0.15) is 4.98 Å². The van der Waals surface area contributed by atoms with Crippen LogP contribution in [0, 0.1) is 0 Å². The average molecular weight is 341 g/mol. The first-order valence-electron chi connectivity index (χ1n) is 8.37. The van der Waals surface area contributed by atoms with Crippen LogP contribution in [0.2, 0.25) is 0 Å². The van der Waals surface area contributed by atoms with Gasteiger partial charge in [-0.25, -0.2) is 4.79 Å². The normalized spacial score (nSPS) is 13.8. The molecule has 0 fully saturated rings. The first-order chi connectivity index (χ1) is 12.2. The second-order valence-electron chi connectivity index (χ2n) is 5.97. The molecule has 1 aromatic heterocycles. The minimum Gasteiger partial charge on any atom is -0.480 e. The van der Waals surface area contributed by atoms with Gasteiger partial charge in [0.15, 0.2) is 0 Å². The molecule has 0 unspecified atom stereocenters. The number of methoxy groups -OCH3 is 2. The monoisotopic (exact) mass is 341 g/mol. The molecule has 2 aromatic rings. The summed E-state index contributed by atoms with van der Waals surface area (Å²) in [5.74, 6) is 0.494. The Morgan fingerprint density at radius 1 is 1.20 bits per heavy atom. The number of nitrogens with one attached hydrogen (secondary N) is 1. The van der Waals surface area contributed by atoms with Crippen molar-refractivity contribution in [3.63, 3.8) is 0 Å². The lowest BCUT2D eigenvalue weighted by molar-refractivity contribution is 0.0596. The predicted octanol–water partition coefficient (Wildman–Crippen LogP) is 2.35. The summed E-state index contributed by atoms with van der Waals surface area (Å²) in [5.41, 5.74) is 3.19. The molecule has 0 aliphatic carbocycles. The lowest BCUT2D eigenvalue weighted by atomic mass is 10.00. The van der Waals surface area contributed by atoms with Crippen molar-refractivity contribution in [2.24, 2.45) is 0 Å². The third kappa shape index (κ3) is 4.09. The third-order valence-electron chi connectivity index (χ3n) is 4.40. The maximum Gasteiger partial charge on any atom is 0.343 e. The molecular weight excluding hydrogens is 318 g/mol. The zero-order chi connectivity index (χ0) is 17.6. The lowest BCUT2D eigenvalue weighted by Gasteiger charge is -2.28. The molecule has 0 amide bonds. The number of esters is 1. The molecular formula is C19H23N3O3. The largest absolute Gasteiger partial charge is 0.480 e. The van der Waals surface area contributed by atoms with Gasteiger partial charge >= 0.3 is 5.97 Å². The number of benzene rings is 1. The van der Waals surface area contributed by atoms with Crippen molar-refractivity contribution >= 4 is 11.8 Å². The Bertz CT molecular complexity index is 748. The Morgan fingerprint density at radius 2 is 2.00 bits per heavy atom. The second-order valence-corrected chi connectivity index (χ2v) is 5.97. The fourth-order valence-corrected chi connectivity index (χ4v) is 3.05. The van der Waals surface area contributed by atoms with Crippen LogP contribution in [-0.4, -0.2) is 49.7 Å². The van der Waals surface area contributed by atoms with E-state index in [9.17, 15) is 4.79 Å². The molecule has 2 heterocycles. The highest BCUT2D eigenvalue weighted by Gasteiger charge is 2.16. The van der Waals surface area contributed by atoms with Gasteiger partial charge in [0.2, 0.25) is 5.88 Å².